The minimum Gasteiger partial charge on any atom is -0.497 e. The zero-order valence-corrected chi connectivity index (χ0v) is 12.9. The molecule has 0 amide bonds. The van der Waals surface area contributed by atoms with Crippen LogP contribution in [0.1, 0.15) is 10.4 Å². The van der Waals surface area contributed by atoms with Crippen molar-refractivity contribution in [2.24, 2.45) is 0 Å². The fourth-order valence-corrected chi connectivity index (χ4v) is 2.01. The zero-order chi connectivity index (χ0) is 17.7. The van der Waals surface area contributed by atoms with Crippen molar-refractivity contribution < 1.29 is 28.3 Å². The summed E-state index contributed by atoms with van der Waals surface area (Å²) in [5, 5.41) is 10.9. The molecule has 0 unspecified atom stereocenters. The number of nitro groups is 1. The van der Waals surface area contributed by atoms with Gasteiger partial charge in [-0.05, 0) is 24.3 Å². The van der Waals surface area contributed by atoms with Crippen molar-refractivity contribution in [3.05, 3.63) is 57.9 Å². The highest BCUT2D eigenvalue weighted by molar-refractivity contribution is 6.00. The summed E-state index contributed by atoms with van der Waals surface area (Å²) in [5.41, 5.74) is -0.238. The lowest BCUT2D eigenvalue weighted by molar-refractivity contribution is -0.385. The molecule has 0 radical (unpaired) electrons. The van der Waals surface area contributed by atoms with E-state index in [2.05, 4.69) is 0 Å². The fraction of sp³-hybridized carbons (Fsp3) is 0.188. The largest absolute Gasteiger partial charge is 0.497 e. The Balaban J connectivity index is 2.23. The number of benzene rings is 2. The molecule has 2 aromatic carbocycles. The second kappa shape index (κ2) is 7.40. The molecule has 0 fully saturated rings. The van der Waals surface area contributed by atoms with Crippen LogP contribution in [-0.4, -0.2) is 31.5 Å². The lowest BCUT2D eigenvalue weighted by Gasteiger charge is -2.10. The highest BCUT2D eigenvalue weighted by Crippen LogP contribution is 2.29. The van der Waals surface area contributed by atoms with Crippen LogP contribution in [0.15, 0.2) is 36.4 Å². The SMILES string of the molecule is COc1ccc(OC)c(C(=O)COc2cc(F)ccc2[N+](=O)[O-])c1. The number of Topliss-reactive ketones (excluding diaryl/α,β-unsaturated/α-hetero) is 1. The van der Waals surface area contributed by atoms with Crippen molar-refractivity contribution in [1.29, 1.82) is 0 Å². The third-order valence-corrected chi connectivity index (χ3v) is 3.18. The molecule has 0 aliphatic carbocycles. The lowest BCUT2D eigenvalue weighted by Crippen LogP contribution is -2.13. The van der Waals surface area contributed by atoms with Crippen LogP contribution < -0.4 is 14.2 Å². The molecule has 0 N–H and O–H groups in total. The monoisotopic (exact) mass is 335 g/mol. The van der Waals surface area contributed by atoms with Crippen LogP contribution in [-0.2, 0) is 0 Å². The normalized spacial score (nSPS) is 10.1. The van der Waals surface area contributed by atoms with Crippen molar-refractivity contribution in [3.63, 3.8) is 0 Å². The zero-order valence-electron chi connectivity index (χ0n) is 12.9. The van der Waals surface area contributed by atoms with Gasteiger partial charge in [0, 0.05) is 12.1 Å². The molecule has 24 heavy (non-hydrogen) atoms. The maximum absolute atomic E-state index is 13.3. The first-order chi connectivity index (χ1) is 11.5. The Labute approximate surface area is 136 Å². The Morgan fingerprint density at radius 1 is 1.12 bits per heavy atom. The third-order valence-electron chi connectivity index (χ3n) is 3.18. The van der Waals surface area contributed by atoms with E-state index in [9.17, 15) is 19.3 Å². The summed E-state index contributed by atoms with van der Waals surface area (Å²) in [6.07, 6.45) is 0. The Hall–Kier alpha value is -3.16. The van der Waals surface area contributed by atoms with Crippen LogP contribution in [0.25, 0.3) is 0 Å². The molecule has 0 atom stereocenters. The van der Waals surface area contributed by atoms with E-state index in [1.807, 2.05) is 0 Å². The highest BCUT2D eigenvalue weighted by atomic mass is 19.1. The van der Waals surface area contributed by atoms with Gasteiger partial charge in [-0.3, -0.25) is 14.9 Å². The van der Waals surface area contributed by atoms with Crippen LogP contribution >= 0.6 is 0 Å². The molecule has 0 spiro atoms. The summed E-state index contributed by atoms with van der Waals surface area (Å²) >= 11 is 0. The second-order valence-electron chi connectivity index (χ2n) is 4.65. The molecule has 0 aromatic heterocycles. The molecule has 0 saturated heterocycles. The van der Waals surface area contributed by atoms with Gasteiger partial charge in [-0.1, -0.05) is 0 Å². The molecule has 7 nitrogen and oxygen atoms in total. The van der Waals surface area contributed by atoms with Gasteiger partial charge >= 0.3 is 5.69 Å². The second-order valence-corrected chi connectivity index (χ2v) is 4.65. The predicted octanol–water partition coefficient (Wildman–Crippen LogP) is 3.01. The van der Waals surface area contributed by atoms with Crippen LogP contribution in [0.5, 0.6) is 17.2 Å². The maximum Gasteiger partial charge on any atom is 0.311 e. The summed E-state index contributed by atoms with van der Waals surface area (Å²) < 4.78 is 28.5. The van der Waals surface area contributed by atoms with Gasteiger partial charge in [0.15, 0.2) is 12.4 Å². The maximum atomic E-state index is 13.3. The van der Waals surface area contributed by atoms with Gasteiger partial charge < -0.3 is 14.2 Å². The summed E-state index contributed by atoms with van der Waals surface area (Å²) in [6.45, 7) is -0.520. The standard InChI is InChI=1S/C16H14FNO6/c1-22-11-4-6-15(23-2)12(8-11)14(19)9-24-16-7-10(17)3-5-13(16)18(20)21/h3-8H,9H2,1-2H3. The summed E-state index contributed by atoms with van der Waals surface area (Å²) in [6, 6.07) is 7.41. The fourth-order valence-electron chi connectivity index (χ4n) is 2.01. The number of halogens is 1. The van der Waals surface area contributed by atoms with E-state index < -0.39 is 28.8 Å². The first-order valence-electron chi connectivity index (χ1n) is 6.78. The summed E-state index contributed by atoms with van der Waals surface area (Å²) in [4.78, 5) is 22.5. The number of carbonyl (C=O) groups excluding carboxylic acids is 1. The number of nitrogens with zero attached hydrogens (tertiary/aromatic N) is 1. The van der Waals surface area contributed by atoms with Gasteiger partial charge in [0.1, 0.15) is 17.3 Å². The number of ether oxygens (including phenoxy) is 3. The van der Waals surface area contributed by atoms with E-state index in [1.165, 1.54) is 20.3 Å². The molecule has 0 aliphatic rings. The molecule has 2 aromatic rings. The summed E-state index contributed by atoms with van der Waals surface area (Å²) in [5.74, 6) is -0.782. The van der Waals surface area contributed by atoms with Crippen LogP contribution in [0, 0.1) is 15.9 Å². The Bertz CT molecular complexity index is 777. The lowest BCUT2D eigenvalue weighted by atomic mass is 10.1. The van der Waals surface area contributed by atoms with E-state index in [0.29, 0.717) is 11.5 Å². The van der Waals surface area contributed by atoms with Gasteiger partial charge in [0.05, 0.1) is 24.7 Å². The molecule has 126 valence electrons. The van der Waals surface area contributed by atoms with E-state index in [0.717, 1.165) is 18.2 Å². The average Bonchev–Trinajstić information content (AvgIpc) is 2.58. The molecule has 0 bridgehead atoms. The number of nitro benzene ring substituents is 1. The van der Waals surface area contributed by atoms with Crippen molar-refractivity contribution >= 4 is 11.5 Å². The molecular formula is C16H14FNO6. The Kier molecular flexibility index (Phi) is 5.31. The Morgan fingerprint density at radius 3 is 2.50 bits per heavy atom. The third kappa shape index (κ3) is 3.78. The number of carbonyl (C=O) groups is 1. The van der Waals surface area contributed by atoms with Gasteiger partial charge in [0.2, 0.25) is 5.78 Å². The highest BCUT2D eigenvalue weighted by Gasteiger charge is 2.19. The van der Waals surface area contributed by atoms with E-state index >= 15 is 0 Å². The first-order valence-corrected chi connectivity index (χ1v) is 6.78. The van der Waals surface area contributed by atoms with Crippen molar-refractivity contribution in [3.8, 4) is 17.2 Å². The predicted molar refractivity (Wildman–Crippen MR) is 82.4 cm³/mol. The number of rotatable bonds is 7. The van der Waals surface area contributed by atoms with Crippen LogP contribution in [0.4, 0.5) is 10.1 Å². The number of methoxy groups -OCH3 is 2. The average molecular weight is 335 g/mol. The molecule has 0 heterocycles. The number of ketones is 1. The first kappa shape index (κ1) is 17.2. The minimum atomic E-state index is -0.717. The van der Waals surface area contributed by atoms with Crippen molar-refractivity contribution in [1.82, 2.24) is 0 Å². The number of hydrogen-bond donors (Lipinski definition) is 0. The van der Waals surface area contributed by atoms with Gasteiger partial charge in [0.25, 0.3) is 0 Å². The topological polar surface area (TPSA) is 87.9 Å². The molecule has 0 aliphatic heterocycles. The minimum absolute atomic E-state index is 0.191. The van der Waals surface area contributed by atoms with E-state index in [1.54, 1.807) is 12.1 Å². The van der Waals surface area contributed by atoms with Crippen molar-refractivity contribution in [2.45, 2.75) is 0 Å². The van der Waals surface area contributed by atoms with Crippen LogP contribution in [0.3, 0.4) is 0 Å². The molecule has 2 rings (SSSR count). The van der Waals surface area contributed by atoms with Gasteiger partial charge in [-0.25, -0.2) is 4.39 Å². The molecule has 0 saturated carbocycles. The number of hydrogen-bond acceptors (Lipinski definition) is 6. The smallest absolute Gasteiger partial charge is 0.311 e. The van der Waals surface area contributed by atoms with E-state index in [-0.39, 0.29) is 11.3 Å². The quantitative estimate of drug-likeness (QED) is 0.439. The van der Waals surface area contributed by atoms with Gasteiger partial charge in [-0.15, -0.1) is 0 Å². The van der Waals surface area contributed by atoms with Crippen molar-refractivity contribution in [2.75, 3.05) is 20.8 Å². The molecule has 8 heteroatoms. The van der Waals surface area contributed by atoms with Crippen LogP contribution in [0.2, 0.25) is 0 Å². The summed E-state index contributed by atoms with van der Waals surface area (Å²) in [7, 11) is 2.85. The van der Waals surface area contributed by atoms with Gasteiger partial charge in [-0.2, -0.15) is 0 Å². The Morgan fingerprint density at radius 2 is 1.88 bits per heavy atom. The van der Waals surface area contributed by atoms with E-state index in [4.69, 9.17) is 14.2 Å². The molecular weight excluding hydrogens is 321 g/mol.